The van der Waals surface area contributed by atoms with Crippen LogP contribution in [0.5, 0.6) is 0 Å². The van der Waals surface area contributed by atoms with Crippen molar-refractivity contribution in [2.45, 2.75) is 0 Å². The van der Waals surface area contributed by atoms with Crippen LogP contribution in [0.3, 0.4) is 0 Å². The number of para-hydroxylation sites is 1. The molecular formula is C9H6ClN3O3. The van der Waals surface area contributed by atoms with Crippen LogP contribution in [0.25, 0.3) is 5.69 Å². The molecule has 16 heavy (non-hydrogen) atoms. The molecule has 0 amide bonds. The third kappa shape index (κ3) is 1.70. The van der Waals surface area contributed by atoms with Gasteiger partial charge in [0.2, 0.25) is 5.82 Å². The fraction of sp³-hybridized carbons (Fsp3) is 0. The van der Waals surface area contributed by atoms with E-state index in [1.165, 1.54) is 0 Å². The molecule has 0 fully saturated rings. The van der Waals surface area contributed by atoms with Crippen molar-refractivity contribution >= 4 is 17.6 Å². The number of rotatable bonds is 2. The zero-order valence-corrected chi connectivity index (χ0v) is 8.60. The topological polar surface area (TPSA) is 88.0 Å². The summed E-state index contributed by atoms with van der Waals surface area (Å²) in [5.41, 5.74) is -0.316. The van der Waals surface area contributed by atoms with E-state index in [0.29, 0.717) is 10.7 Å². The van der Waals surface area contributed by atoms with E-state index < -0.39 is 17.5 Å². The van der Waals surface area contributed by atoms with Crippen LogP contribution in [0.2, 0.25) is 5.02 Å². The molecule has 2 aromatic rings. The molecular weight excluding hydrogens is 234 g/mol. The zero-order valence-electron chi connectivity index (χ0n) is 7.85. The largest absolute Gasteiger partial charge is 0.475 e. The van der Waals surface area contributed by atoms with E-state index in [9.17, 15) is 9.59 Å². The van der Waals surface area contributed by atoms with Gasteiger partial charge in [-0.25, -0.2) is 9.59 Å². The summed E-state index contributed by atoms with van der Waals surface area (Å²) >= 11 is 5.86. The second-order valence-corrected chi connectivity index (χ2v) is 3.35. The summed E-state index contributed by atoms with van der Waals surface area (Å²) in [5, 5.41) is 12.6. The molecule has 0 unspecified atom stereocenters. The molecule has 0 saturated heterocycles. The average Bonchev–Trinajstić information content (AvgIpc) is 2.61. The molecule has 0 radical (unpaired) electrons. The summed E-state index contributed by atoms with van der Waals surface area (Å²) < 4.78 is 0.909. The number of carbonyl (C=O) groups is 1. The molecule has 1 aromatic heterocycles. The Kier molecular flexibility index (Phi) is 2.49. The molecule has 7 heteroatoms. The van der Waals surface area contributed by atoms with Crippen molar-refractivity contribution in [3.8, 4) is 5.69 Å². The number of H-pyrrole nitrogens is 1. The van der Waals surface area contributed by atoms with Crippen LogP contribution >= 0.6 is 11.6 Å². The van der Waals surface area contributed by atoms with Gasteiger partial charge in [-0.1, -0.05) is 23.7 Å². The Morgan fingerprint density at radius 2 is 2.12 bits per heavy atom. The van der Waals surface area contributed by atoms with Crippen molar-refractivity contribution in [3.05, 3.63) is 45.6 Å². The molecule has 0 bridgehead atoms. The second-order valence-electron chi connectivity index (χ2n) is 2.95. The third-order valence-corrected chi connectivity index (χ3v) is 2.22. The monoisotopic (exact) mass is 239 g/mol. The van der Waals surface area contributed by atoms with Gasteiger partial charge in [0, 0.05) is 0 Å². The van der Waals surface area contributed by atoms with Crippen LogP contribution in [-0.2, 0) is 0 Å². The molecule has 82 valence electrons. The SMILES string of the molecule is O=C(O)c1nn(-c2ccccc2Cl)c(=O)[nH]1. The van der Waals surface area contributed by atoms with Crippen molar-refractivity contribution in [1.29, 1.82) is 0 Å². The molecule has 0 aliphatic carbocycles. The third-order valence-electron chi connectivity index (χ3n) is 1.90. The molecule has 6 nitrogen and oxygen atoms in total. The van der Waals surface area contributed by atoms with Gasteiger partial charge in [-0.2, -0.15) is 4.68 Å². The molecule has 2 rings (SSSR count). The molecule has 2 N–H and O–H groups in total. The van der Waals surface area contributed by atoms with Crippen molar-refractivity contribution in [1.82, 2.24) is 14.8 Å². The fourth-order valence-electron chi connectivity index (χ4n) is 1.21. The van der Waals surface area contributed by atoms with Crippen LogP contribution in [-0.4, -0.2) is 25.8 Å². The number of hydrogen-bond donors (Lipinski definition) is 2. The summed E-state index contributed by atoms with van der Waals surface area (Å²) in [4.78, 5) is 24.1. The number of nitrogens with zero attached hydrogens (tertiary/aromatic N) is 2. The standard InChI is InChI=1S/C9H6ClN3O3/c10-5-3-1-2-4-6(5)13-9(16)11-7(12-13)8(14)15/h1-4H,(H,14,15)(H,11,12,16). The maximum Gasteiger partial charge on any atom is 0.373 e. The predicted octanol–water partition coefficient (Wildman–Crippen LogP) is 0.912. The molecule has 0 aliphatic heterocycles. The van der Waals surface area contributed by atoms with Crippen molar-refractivity contribution in [2.75, 3.05) is 0 Å². The number of carboxylic acid groups (broad SMARTS) is 1. The van der Waals surface area contributed by atoms with Gasteiger partial charge < -0.3 is 5.11 Å². The van der Waals surface area contributed by atoms with Gasteiger partial charge in [0.1, 0.15) is 0 Å². The first-order chi connectivity index (χ1) is 7.59. The number of nitrogens with one attached hydrogen (secondary N) is 1. The Morgan fingerprint density at radius 1 is 1.44 bits per heavy atom. The highest BCUT2D eigenvalue weighted by atomic mass is 35.5. The van der Waals surface area contributed by atoms with Crippen molar-refractivity contribution in [2.24, 2.45) is 0 Å². The van der Waals surface area contributed by atoms with Crippen molar-refractivity contribution in [3.63, 3.8) is 0 Å². The summed E-state index contributed by atoms with van der Waals surface area (Å²) in [5.74, 6) is -1.73. The molecule has 1 aromatic carbocycles. The number of aromatic carboxylic acids is 1. The number of halogens is 1. The minimum atomic E-state index is -1.30. The smallest absolute Gasteiger partial charge is 0.373 e. The zero-order chi connectivity index (χ0) is 11.7. The maximum absolute atomic E-state index is 11.4. The number of aromatic amines is 1. The summed E-state index contributed by atoms with van der Waals surface area (Å²) in [7, 11) is 0. The number of benzene rings is 1. The van der Waals surface area contributed by atoms with E-state index in [-0.39, 0.29) is 0 Å². The minimum Gasteiger partial charge on any atom is -0.475 e. The first-order valence-electron chi connectivity index (χ1n) is 4.27. The van der Waals surface area contributed by atoms with E-state index >= 15 is 0 Å². The minimum absolute atomic E-state index is 0.313. The first-order valence-corrected chi connectivity index (χ1v) is 4.65. The summed E-state index contributed by atoms with van der Waals surface area (Å²) in [6.45, 7) is 0. The van der Waals surface area contributed by atoms with E-state index in [0.717, 1.165) is 4.68 Å². The van der Waals surface area contributed by atoms with Crippen LogP contribution in [0, 0.1) is 0 Å². The van der Waals surface area contributed by atoms with Gasteiger partial charge in [0.05, 0.1) is 10.7 Å². The van der Waals surface area contributed by atoms with Gasteiger partial charge in [0.25, 0.3) is 0 Å². The molecule has 0 atom stereocenters. The van der Waals surface area contributed by atoms with Gasteiger partial charge >= 0.3 is 11.7 Å². The first kappa shape index (κ1) is 10.4. The van der Waals surface area contributed by atoms with E-state index in [2.05, 4.69) is 10.1 Å². The highest BCUT2D eigenvalue weighted by molar-refractivity contribution is 6.32. The predicted molar refractivity (Wildman–Crippen MR) is 56.2 cm³/mol. The second kappa shape index (κ2) is 3.82. The van der Waals surface area contributed by atoms with Crippen LogP contribution < -0.4 is 5.69 Å². The van der Waals surface area contributed by atoms with Gasteiger partial charge in [0.15, 0.2) is 0 Å². The quantitative estimate of drug-likeness (QED) is 0.815. The summed E-state index contributed by atoms with van der Waals surface area (Å²) in [6, 6.07) is 6.51. The van der Waals surface area contributed by atoms with Crippen LogP contribution in [0.15, 0.2) is 29.1 Å². The molecule has 0 aliphatic rings. The number of carboxylic acids is 1. The van der Waals surface area contributed by atoms with Gasteiger partial charge in [-0.15, -0.1) is 5.10 Å². The van der Waals surface area contributed by atoms with Crippen molar-refractivity contribution < 1.29 is 9.90 Å². The lowest BCUT2D eigenvalue weighted by Gasteiger charge is -2.00. The molecule has 1 heterocycles. The lowest BCUT2D eigenvalue weighted by molar-refractivity contribution is 0.0683. The highest BCUT2D eigenvalue weighted by Gasteiger charge is 2.13. The molecule has 0 saturated carbocycles. The lowest BCUT2D eigenvalue weighted by atomic mass is 10.3. The van der Waals surface area contributed by atoms with E-state index in [4.69, 9.17) is 16.7 Å². The fourth-order valence-corrected chi connectivity index (χ4v) is 1.42. The molecule has 0 spiro atoms. The number of aromatic nitrogens is 3. The Labute approximate surface area is 94.1 Å². The average molecular weight is 240 g/mol. The van der Waals surface area contributed by atoms with Gasteiger partial charge in [-0.05, 0) is 12.1 Å². The Hall–Kier alpha value is -2.08. The van der Waals surface area contributed by atoms with E-state index in [1.54, 1.807) is 24.3 Å². The number of hydrogen-bond acceptors (Lipinski definition) is 3. The normalized spacial score (nSPS) is 10.3. The Morgan fingerprint density at radius 3 is 2.69 bits per heavy atom. The maximum atomic E-state index is 11.4. The Balaban J connectivity index is 2.61. The van der Waals surface area contributed by atoms with E-state index in [1.807, 2.05) is 0 Å². The summed E-state index contributed by atoms with van der Waals surface area (Å²) in [6.07, 6.45) is 0. The lowest BCUT2D eigenvalue weighted by Crippen LogP contribution is -2.16. The highest BCUT2D eigenvalue weighted by Crippen LogP contribution is 2.17. The van der Waals surface area contributed by atoms with Crippen LogP contribution in [0.1, 0.15) is 10.6 Å². The van der Waals surface area contributed by atoms with Crippen LogP contribution in [0.4, 0.5) is 0 Å². The van der Waals surface area contributed by atoms with Gasteiger partial charge in [-0.3, -0.25) is 4.98 Å². The Bertz CT molecular complexity index is 602.